The minimum absolute atomic E-state index is 0.253. The first-order valence-corrected chi connectivity index (χ1v) is 6.57. The molecule has 1 rings (SSSR count). The summed E-state index contributed by atoms with van der Waals surface area (Å²) in [5.41, 5.74) is -0.299. The van der Waals surface area contributed by atoms with Crippen molar-refractivity contribution in [1.82, 2.24) is 5.32 Å². The molecule has 1 amide bonds. The lowest BCUT2D eigenvalue weighted by Crippen LogP contribution is -2.36. The van der Waals surface area contributed by atoms with E-state index < -0.39 is 23.6 Å². The SMILES string of the molecule is COC(=O)c1ccc(OC(=O)CNC(=O)OC(C)(C)C)cc1. The van der Waals surface area contributed by atoms with Gasteiger partial charge in [0.15, 0.2) is 0 Å². The maximum Gasteiger partial charge on any atom is 0.408 e. The predicted octanol–water partition coefficient (Wildman–Crippen LogP) is 1.90. The maximum absolute atomic E-state index is 11.6. The Bertz CT molecular complexity index is 544. The van der Waals surface area contributed by atoms with Gasteiger partial charge in [-0.2, -0.15) is 0 Å². The summed E-state index contributed by atoms with van der Waals surface area (Å²) in [6, 6.07) is 5.85. The average Bonchev–Trinajstić information content (AvgIpc) is 2.43. The molecule has 0 aliphatic carbocycles. The molecule has 1 aromatic rings. The van der Waals surface area contributed by atoms with Crippen LogP contribution in [0.1, 0.15) is 31.1 Å². The van der Waals surface area contributed by atoms with E-state index in [1.54, 1.807) is 20.8 Å². The molecular weight excluding hydrogens is 290 g/mol. The fourth-order valence-corrected chi connectivity index (χ4v) is 1.40. The number of benzene rings is 1. The zero-order valence-electron chi connectivity index (χ0n) is 13.0. The Kier molecular flexibility index (Phi) is 5.91. The Balaban J connectivity index is 2.45. The predicted molar refractivity (Wildman–Crippen MR) is 77.7 cm³/mol. The van der Waals surface area contributed by atoms with E-state index in [2.05, 4.69) is 10.1 Å². The summed E-state index contributed by atoms with van der Waals surface area (Å²) >= 11 is 0. The number of alkyl carbamates (subject to hydrolysis) is 1. The van der Waals surface area contributed by atoms with E-state index in [4.69, 9.17) is 9.47 Å². The number of esters is 2. The second-order valence-corrected chi connectivity index (χ2v) is 5.35. The Morgan fingerprint density at radius 1 is 1.09 bits per heavy atom. The van der Waals surface area contributed by atoms with E-state index in [0.29, 0.717) is 5.56 Å². The summed E-state index contributed by atoms with van der Waals surface area (Å²) in [6.07, 6.45) is -0.703. The zero-order valence-corrected chi connectivity index (χ0v) is 13.0. The number of carbonyl (C=O) groups excluding carboxylic acids is 3. The summed E-state index contributed by atoms with van der Waals surface area (Å²) in [5.74, 6) is -0.884. The number of rotatable bonds is 4. The Hall–Kier alpha value is -2.57. The number of hydrogen-bond donors (Lipinski definition) is 1. The van der Waals surface area contributed by atoms with Gasteiger partial charge >= 0.3 is 18.0 Å². The third kappa shape index (κ3) is 6.25. The minimum Gasteiger partial charge on any atom is -0.465 e. The van der Waals surface area contributed by atoms with Crippen molar-refractivity contribution in [2.75, 3.05) is 13.7 Å². The molecule has 120 valence electrons. The maximum atomic E-state index is 11.6. The van der Waals surface area contributed by atoms with Crippen LogP contribution < -0.4 is 10.1 Å². The smallest absolute Gasteiger partial charge is 0.408 e. The third-order valence-electron chi connectivity index (χ3n) is 2.28. The molecule has 0 heterocycles. The molecule has 0 unspecified atom stereocenters. The van der Waals surface area contributed by atoms with Gasteiger partial charge in [0, 0.05) is 0 Å². The third-order valence-corrected chi connectivity index (χ3v) is 2.28. The Labute approximate surface area is 128 Å². The number of ether oxygens (including phenoxy) is 3. The molecule has 0 bridgehead atoms. The van der Waals surface area contributed by atoms with Gasteiger partial charge in [0.05, 0.1) is 12.7 Å². The van der Waals surface area contributed by atoms with Crippen LogP contribution in [0.3, 0.4) is 0 Å². The van der Waals surface area contributed by atoms with Crippen molar-refractivity contribution in [3.05, 3.63) is 29.8 Å². The topological polar surface area (TPSA) is 90.9 Å². The lowest BCUT2D eigenvalue weighted by Gasteiger charge is -2.19. The van der Waals surface area contributed by atoms with E-state index in [1.165, 1.54) is 31.4 Å². The summed E-state index contributed by atoms with van der Waals surface area (Å²) in [5, 5.41) is 2.29. The van der Waals surface area contributed by atoms with E-state index in [1.807, 2.05) is 0 Å². The molecule has 0 fully saturated rings. The van der Waals surface area contributed by atoms with E-state index >= 15 is 0 Å². The van der Waals surface area contributed by atoms with Crippen LogP contribution in [0.25, 0.3) is 0 Å². The van der Waals surface area contributed by atoms with Crippen LogP contribution >= 0.6 is 0 Å². The van der Waals surface area contributed by atoms with Gasteiger partial charge in [0.1, 0.15) is 17.9 Å². The molecule has 0 aliphatic heterocycles. The fraction of sp³-hybridized carbons (Fsp3) is 0.400. The zero-order chi connectivity index (χ0) is 16.8. The highest BCUT2D eigenvalue weighted by Crippen LogP contribution is 2.13. The molecule has 0 aromatic heterocycles. The number of methoxy groups -OCH3 is 1. The largest absolute Gasteiger partial charge is 0.465 e. The lowest BCUT2D eigenvalue weighted by molar-refractivity contribution is -0.133. The molecular formula is C15H19NO6. The molecule has 7 nitrogen and oxygen atoms in total. The van der Waals surface area contributed by atoms with Gasteiger partial charge in [-0.15, -0.1) is 0 Å². The molecule has 0 spiro atoms. The first-order valence-electron chi connectivity index (χ1n) is 6.57. The van der Waals surface area contributed by atoms with Gasteiger partial charge < -0.3 is 19.5 Å². The molecule has 0 radical (unpaired) electrons. The molecule has 22 heavy (non-hydrogen) atoms. The van der Waals surface area contributed by atoms with Crippen molar-refractivity contribution < 1.29 is 28.6 Å². The molecule has 0 aliphatic rings. The second kappa shape index (κ2) is 7.44. The van der Waals surface area contributed by atoms with Crippen LogP contribution in [-0.2, 0) is 14.3 Å². The van der Waals surface area contributed by atoms with Crippen molar-refractivity contribution in [2.24, 2.45) is 0 Å². The van der Waals surface area contributed by atoms with E-state index in [-0.39, 0.29) is 12.3 Å². The molecule has 1 aromatic carbocycles. The first-order chi connectivity index (χ1) is 10.2. The number of hydrogen-bond acceptors (Lipinski definition) is 6. The van der Waals surface area contributed by atoms with Gasteiger partial charge in [-0.25, -0.2) is 14.4 Å². The molecule has 7 heteroatoms. The summed E-state index contributed by atoms with van der Waals surface area (Å²) in [4.78, 5) is 34.2. The monoisotopic (exact) mass is 309 g/mol. The highest BCUT2D eigenvalue weighted by molar-refractivity contribution is 5.89. The molecule has 0 saturated heterocycles. The van der Waals surface area contributed by atoms with Crippen LogP contribution in [0.2, 0.25) is 0 Å². The summed E-state index contributed by atoms with van der Waals surface area (Å²) < 4.78 is 14.5. The standard InChI is InChI=1S/C15H19NO6/c1-15(2,3)22-14(19)16-9-12(17)21-11-7-5-10(6-8-11)13(18)20-4/h5-8H,9H2,1-4H3,(H,16,19). The van der Waals surface area contributed by atoms with Crippen molar-refractivity contribution in [2.45, 2.75) is 26.4 Å². The lowest BCUT2D eigenvalue weighted by atomic mass is 10.2. The Morgan fingerprint density at radius 3 is 2.18 bits per heavy atom. The molecule has 0 saturated carbocycles. The van der Waals surface area contributed by atoms with Crippen LogP contribution in [0.5, 0.6) is 5.75 Å². The highest BCUT2D eigenvalue weighted by atomic mass is 16.6. The minimum atomic E-state index is -0.703. The van der Waals surface area contributed by atoms with Gasteiger partial charge in [-0.1, -0.05) is 0 Å². The molecule has 0 atom stereocenters. The molecule has 1 N–H and O–H groups in total. The quantitative estimate of drug-likeness (QED) is 0.675. The van der Waals surface area contributed by atoms with Crippen LogP contribution in [0.15, 0.2) is 24.3 Å². The fourth-order valence-electron chi connectivity index (χ4n) is 1.40. The number of nitrogens with one attached hydrogen (secondary N) is 1. The van der Waals surface area contributed by atoms with Crippen molar-refractivity contribution in [3.8, 4) is 5.75 Å². The van der Waals surface area contributed by atoms with Crippen molar-refractivity contribution in [1.29, 1.82) is 0 Å². The van der Waals surface area contributed by atoms with Crippen molar-refractivity contribution >= 4 is 18.0 Å². The highest BCUT2D eigenvalue weighted by Gasteiger charge is 2.17. The second-order valence-electron chi connectivity index (χ2n) is 5.35. The Morgan fingerprint density at radius 2 is 1.68 bits per heavy atom. The van der Waals surface area contributed by atoms with E-state index in [0.717, 1.165) is 0 Å². The normalized spacial score (nSPS) is 10.5. The van der Waals surface area contributed by atoms with E-state index in [9.17, 15) is 14.4 Å². The number of amides is 1. The first kappa shape index (κ1) is 17.5. The summed E-state index contributed by atoms with van der Waals surface area (Å²) in [6.45, 7) is 4.82. The van der Waals surface area contributed by atoms with Crippen LogP contribution in [-0.4, -0.2) is 37.3 Å². The number of carbonyl (C=O) groups is 3. The van der Waals surface area contributed by atoms with Crippen LogP contribution in [0.4, 0.5) is 4.79 Å². The van der Waals surface area contributed by atoms with Crippen LogP contribution in [0, 0.1) is 0 Å². The summed E-state index contributed by atoms with van der Waals surface area (Å²) in [7, 11) is 1.28. The van der Waals surface area contributed by atoms with Crippen molar-refractivity contribution in [3.63, 3.8) is 0 Å². The average molecular weight is 309 g/mol. The van der Waals surface area contributed by atoms with Gasteiger partial charge in [-0.05, 0) is 45.0 Å². The van der Waals surface area contributed by atoms with Gasteiger partial charge in [-0.3, -0.25) is 0 Å². The van der Waals surface area contributed by atoms with Gasteiger partial charge in [0.25, 0.3) is 0 Å². The van der Waals surface area contributed by atoms with Gasteiger partial charge in [0.2, 0.25) is 0 Å².